The zero-order valence-electron chi connectivity index (χ0n) is 17.9. The zero-order chi connectivity index (χ0) is 21.4. The van der Waals surface area contributed by atoms with Crippen LogP contribution in [0, 0.1) is 29.1 Å². The highest BCUT2D eigenvalue weighted by Crippen LogP contribution is 2.47. The van der Waals surface area contributed by atoms with Crippen LogP contribution in [0.1, 0.15) is 49.3 Å². The van der Waals surface area contributed by atoms with Crippen molar-refractivity contribution in [1.29, 1.82) is 5.26 Å². The molecule has 1 aliphatic heterocycles. The Labute approximate surface area is 177 Å². The summed E-state index contributed by atoms with van der Waals surface area (Å²) in [5, 5.41) is 14.4. The van der Waals surface area contributed by atoms with Crippen LogP contribution in [0.5, 0.6) is 0 Å². The summed E-state index contributed by atoms with van der Waals surface area (Å²) >= 11 is 0. The maximum Gasteiger partial charge on any atom is 0.237 e. The maximum atomic E-state index is 12.5. The van der Waals surface area contributed by atoms with Gasteiger partial charge in [0.05, 0.1) is 17.5 Å². The maximum absolute atomic E-state index is 12.5. The number of rotatable bonds is 4. The van der Waals surface area contributed by atoms with Gasteiger partial charge in [0.2, 0.25) is 5.91 Å². The Hall–Kier alpha value is -2.69. The number of aromatic nitrogens is 2. The molecule has 1 aromatic carbocycles. The highest BCUT2D eigenvalue weighted by molar-refractivity contribution is 5.80. The molecule has 0 bridgehead atoms. The topological polar surface area (TPSA) is 109 Å². The number of carbonyl (C=O) groups is 1. The molecule has 1 aromatic heterocycles. The van der Waals surface area contributed by atoms with Crippen molar-refractivity contribution < 1.29 is 4.79 Å². The smallest absolute Gasteiger partial charge is 0.237 e. The standard InChI is InChI=1S/C23H30N6O/c1-4-14-6-5-7-16(18(14)10-24)22-19(12-26-29(22)3)15-8-13(2)21-17(9-15)20(11-25)27-28-23(21)30/h5-7,12-13,15,17,20-21,27H,4,8-9,11,25H2,1-3H3,(H,28,30). The first-order valence-electron chi connectivity index (χ1n) is 10.8. The van der Waals surface area contributed by atoms with E-state index >= 15 is 0 Å². The van der Waals surface area contributed by atoms with E-state index in [-0.39, 0.29) is 35.6 Å². The van der Waals surface area contributed by atoms with Crippen molar-refractivity contribution in [2.24, 2.45) is 30.5 Å². The molecule has 2 aromatic rings. The number of benzene rings is 1. The van der Waals surface area contributed by atoms with Gasteiger partial charge in [0.15, 0.2) is 0 Å². The summed E-state index contributed by atoms with van der Waals surface area (Å²) in [7, 11) is 1.94. The van der Waals surface area contributed by atoms with Gasteiger partial charge >= 0.3 is 0 Å². The Kier molecular flexibility index (Phi) is 5.63. The average molecular weight is 407 g/mol. The Morgan fingerprint density at radius 1 is 1.37 bits per heavy atom. The zero-order valence-corrected chi connectivity index (χ0v) is 17.9. The molecular formula is C23H30N6O. The molecule has 0 spiro atoms. The third kappa shape index (κ3) is 3.30. The number of hydrazine groups is 1. The molecule has 1 aliphatic carbocycles. The lowest BCUT2D eigenvalue weighted by atomic mass is 9.63. The first-order valence-corrected chi connectivity index (χ1v) is 10.8. The molecule has 2 heterocycles. The van der Waals surface area contributed by atoms with Crippen LogP contribution in [-0.2, 0) is 18.3 Å². The second-order valence-corrected chi connectivity index (χ2v) is 8.69. The number of aryl methyl sites for hydroxylation is 2. The van der Waals surface area contributed by atoms with E-state index in [9.17, 15) is 10.1 Å². The fourth-order valence-corrected chi connectivity index (χ4v) is 5.61. The first kappa shape index (κ1) is 20.6. The van der Waals surface area contributed by atoms with Gasteiger partial charge in [0.25, 0.3) is 0 Å². The van der Waals surface area contributed by atoms with Crippen molar-refractivity contribution in [3.05, 3.63) is 41.1 Å². The molecule has 5 atom stereocenters. The second kappa shape index (κ2) is 8.21. The van der Waals surface area contributed by atoms with Crippen LogP contribution < -0.4 is 16.6 Å². The summed E-state index contributed by atoms with van der Waals surface area (Å²) in [6.07, 6.45) is 4.55. The quantitative estimate of drug-likeness (QED) is 0.721. The highest BCUT2D eigenvalue weighted by atomic mass is 16.2. The fraction of sp³-hybridized carbons (Fsp3) is 0.522. The van der Waals surface area contributed by atoms with Crippen molar-refractivity contribution >= 4 is 5.91 Å². The number of nitriles is 1. The summed E-state index contributed by atoms with van der Waals surface area (Å²) in [6, 6.07) is 8.54. The summed E-state index contributed by atoms with van der Waals surface area (Å²) in [6.45, 7) is 4.72. The predicted octanol–water partition coefficient (Wildman–Crippen LogP) is 2.23. The van der Waals surface area contributed by atoms with E-state index in [1.165, 1.54) is 0 Å². The highest BCUT2D eigenvalue weighted by Gasteiger charge is 2.46. The molecule has 4 rings (SSSR count). The fourth-order valence-electron chi connectivity index (χ4n) is 5.61. The molecule has 158 valence electrons. The minimum Gasteiger partial charge on any atom is -0.329 e. The molecule has 2 fully saturated rings. The lowest BCUT2D eigenvalue weighted by molar-refractivity contribution is -0.136. The third-order valence-electron chi connectivity index (χ3n) is 7.05. The van der Waals surface area contributed by atoms with Gasteiger partial charge in [0.1, 0.15) is 6.07 Å². The van der Waals surface area contributed by atoms with E-state index in [1.54, 1.807) is 0 Å². The Balaban J connectivity index is 1.76. The number of hydrogen-bond donors (Lipinski definition) is 3. The molecule has 0 radical (unpaired) electrons. The number of nitrogens with one attached hydrogen (secondary N) is 2. The Morgan fingerprint density at radius 2 is 2.17 bits per heavy atom. The normalized spacial score (nSPS) is 28.5. The summed E-state index contributed by atoms with van der Waals surface area (Å²) < 4.78 is 1.88. The van der Waals surface area contributed by atoms with Crippen LogP contribution in [0.2, 0.25) is 0 Å². The van der Waals surface area contributed by atoms with Gasteiger partial charge in [-0.15, -0.1) is 0 Å². The molecule has 7 heteroatoms. The Morgan fingerprint density at radius 3 is 2.87 bits per heavy atom. The van der Waals surface area contributed by atoms with E-state index in [2.05, 4.69) is 35.9 Å². The molecule has 30 heavy (non-hydrogen) atoms. The van der Waals surface area contributed by atoms with Crippen molar-refractivity contribution in [3.8, 4) is 17.3 Å². The van der Waals surface area contributed by atoms with Crippen molar-refractivity contribution in [3.63, 3.8) is 0 Å². The largest absolute Gasteiger partial charge is 0.329 e. The number of hydrogen-bond acceptors (Lipinski definition) is 5. The molecular weight excluding hydrogens is 376 g/mol. The average Bonchev–Trinajstić information content (AvgIpc) is 3.14. The van der Waals surface area contributed by atoms with Gasteiger partial charge < -0.3 is 5.73 Å². The molecule has 4 N–H and O–H groups in total. The molecule has 5 unspecified atom stereocenters. The van der Waals surface area contributed by atoms with E-state index in [1.807, 2.05) is 36.1 Å². The summed E-state index contributed by atoms with van der Waals surface area (Å²) in [4.78, 5) is 12.5. The van der Waals surface area contributed by atoms with Crippen LogP contribution in [0.25, 0.3) is 11.3 Å². The number of carbonyl (C=O) groups excluding carboxylic acids is 1. The molecule has 1 saturated heterocycles. The second-order valence-electron chi connectivity index (χ2n) is 8.69. The van der Waals surface area contributed by atoms with Crippen LogP contribution in [-0.4, -0.2) is 28.3 Å². The predicted molar refractivity (Wildman–Crippen MR) is 115 cm³/mol. The van der Waals surface area contributed by atoms with Gasteiger partial charge in [0, 0.05) is 36.7 Å². The van der Waals surface area contributed by atoms with Gasteiger partial charge in [-0.3, -0.25) is 14.9 Å². The lowest BCUT2D eigenvalue weighted by Crippen LogP contribution is -2.63. The van der Waals surface area contributed by atoms with Crippen LogP contribution in [0.15, 0.2) is 24.4 Å². The number of nitrogens with zero attached hydrogens (tertiary/aromatic N) is 3. The van der Waals surface area contributed by atoms with E-state index in [0.717, 1.165) is 47.2 Å². The number of nitrogens with two attached hydrogens (primary N) is 1. The van der Waals surface area contributed by atoms with E-state index < -0.39 is 0 Å². The van der Waals surface area contributed by atoms with E-state index in [4.69, 9.17) is 5.73 Å². The summed E-state index contributed by atoms with van der Waals surface area (Å²) in [5.41, 5.74) is 16.8. The molecule has 1 saturated carbocycles. The van der Waals surface area contributed by atoms with E-state index in [0.29, 0.717) is 6.54 Å². The minimum absolute atomic E-state index is 0.0192. The van der Waals surface area contributed by atoms with Gasteiger partial charge in [-0.2, -0.15) is 10.4 Å². The molecule has 2 aliphatic rings. The van der Waals surface area contributed by atoms with Gasteiger partial charge in [-0.1, -0.05) is 32.0 Å². The van der Waals surface area contributed by atoms with Crippen molar-refractivity contribution in [1.82, 2.24) is 20.6 Å². The number of fused-ring (bicyclic) bond motifs is 1. The third-order valence-corrected chi connectivity index (χ3v) is 7.05. The number of amides is 1. The van der Waals surface area contributed by atoms with Gasteiger partial charge in [-0.25, -0.2) is 5.43 Å². The monoisotopic (exact) mass is 406 g/mol. The Bertz CT molecular complexity index is 990. The van der Waals surface area contributed by atoms with Crippen molar-refractivity contribution in [2.45, 2.75) is 45.1 Å². The minimum atomic E-state index is -0.0192. The SMILES string of the molecule is CCc1cccc(-c2c(C3CC(C)C4C(=O)NNC(CN)C4C3)cnn2C)c1C#N. The molecule has 7 nitrogen and oxygen atoms in total. The van der Waals surface area contributed by atoms with Crippen LogP contribution in [0.4, 0.5) is 0 Å². The first-order chi connectivity index (χ1) is 14.5. The molecule has 1 amide bonds. The van der Waals surface area contributed by atoms with Gasteiger partial charge in [-0.05, 0) is 42.6 Å². The summed E-state index contributed by atoms with van der Waals surface area (Å²) in [5.74, 6) is 0.751. The van der Waals surface area contributed by atoms with Crippen molar-refractivity contribution in [2.75, 3.05) is 6.54 Å². The van der Waals surface area contributed by atoms with Crippen LogP contribution >= 0.6 is 0 Å². The lowest BCUT2D eigenvalue weighted by Gasteiger charge is -2.46. The van der Waals surface area contributed by atoms with Crippen LogP contribution in [0.3, 0.4) is 0 Å².